The normalized spacial score (nSPS) is 20.1. The van der Waals surface area contributed by atoms with Gasteiger partial charge in [0.15, 0.2) is 5.11 Å². The van der Waals surface area contributed by atoms with Gasteiger partial charge in [-0.2, -0.15) is 9.97 Å². The molecule has 1 aromatic heterocycles. The molecule has 5 rings (SSSR count). The summed E-state index contributed by atoms with van der Waals surface area (Å²) in [6.07, 6.45) is 9.26. The molecule has 0 aliphatic carbocycles. The van der Waals surface area contributed by atoms with Gasteiger partial charge in [-0.25, -0.2) is 0 Å². The second kappa shape index (κ2) is 11.9. The van der Waals surface area contributed by atoms with E-state index in [1.807, 2.05) is 12.1 Å². The Labute approximate surface area is 225 Å². The van der Waals surface area contributed by atoms with E-state index >= 15 is 0 Å². The Morgan fingerprint density at radius 1 is 0.917 bits per heavy atom. The fourth-order valence-corrected chi connectivity index (χ4v) is 5.94. The number of benzene rings is 1. The molecule has 4 heterocycles. The van der Waals surface area contributed by atoms with Crippen molar-refractivity contribution >= 4 is 46.5 Å². The Kier molecular flexibility index (Phi) is 8.44. The van der Waals surface area contributed by atoms with E-state index in [0.717, 1.165) is 68.9 Å². The Balaban J connectivity index is 1.31. The van der Waals surface area contributed by atoms with Gasteiger partial charge in [0.25, 0.3) is 0 Å². The largest absolute Gasteiger partial charge is 0.381 e. The Morgan fingerprint density at radius 2 is 1.53 bits per heavy atom. The first-order valence-corrected chi connectivity index (χ1v) is 14.2. The quantitative estimate of drug-likeness (QED) is 0.499. The van der Waals surface area contributed by atoms with Crippen LogP contribution in [0.5, 0.6) is 0 Å². The highest BCUT2D eigenvalue weighted by atomic mass is 35.5. The molecule has 0 atom stereocenters. The van der Waals surface area contributed by atoms with Crippen molar-refractivity contribution in [1.82, 2.24) is 15.3 Å². The van der Waals surface area contributed by atoms with Crippen molar-refractivity contribution in [2.45, 2.75) is 56.8 Å². The van der Waals surface area contributed by atoms with E-state index in [1.165, 1.54) is 44.1 Å². The summed E-state index contributed by atoms with van der Waals surface area (Å²) >= 11 is 12.1. The maximum absolute atomic E-state index is 6.34. The molecule has 7 nitrogen and oxygen atoms in total. The first-order valence-electron chi connectivity index (χ1n) is 13.4. The fraction of sp³-hybridized carbons (Fsp3) is 0.593. The molecule has 3 fully saturated rings. The van der Waals surface area contributed by atoms with Crippen molar-refractivity contribution in [1.29, 1.82) is 0 Å². The number of rotatable bonds is 6. The maximum atomic E-state index is 6.34. The standard InChI is InChI=1S/C27H37ClN6OS/c28-22-9-7-8-21(18-22)27(10-16-35-17-11-27)20-29-26(36)32-25-30-23(33-12-3-1-4-13-33)19-24(31-25)34-14-5-2-6-15-34/h7-9,18-19H,1-6,10-17,20H2,(H2,29,30,31,32,36). The van der Waals surface area contributed by atoms with Gasteiger partial charge in [-0.05, 0) is 81.3 Å². The summed E-state index contributed by atoms with van der Waals surface area (Å²) in [6, 6.07) is 10.3. The van der Waals surface area contributed by atoms with Gasteiger partial charge in [0.2, 0.25) is 5.95 Å². The van der Waals surface area contributed by atoms with Gasteiger partial charge in [0.05, 0.1) is 0 Å². The van der Waals surface area contributed by atoms with Gasteiger partial charge in [-0.3, -0.25) is 0 Å². The smallest absolute Gasteiger partial charge is 0.232 e. The zero-order valence-corrected chi connectivity index (χ0v) is 22.5. The average Bonchev–Trinajstić information content (AvgIpc) is 2.93. The SMILES string of the molecule is S=C(NCC1(c2cccc(Cl)c2)CCOCC1)Nc1nc(N2CCCCC2)cc(N2CCCCC2)n1. The Bertz CT molecular complexity index is 998. The molecule has 3 aliphatic heterocycles. The third-order valence-corrected chi connectivity index (χ3v) is 8.24. The molecule has 0 spiro atoms. The Morgan fingerprint density at radius 3 is 2.11 bits per heavy atom. The van der Waals surface area contributed by atoms with E-state index in [-0.39, 0.29) is 5.41 Å². The van der Waals surface area contributed by atoms with Crippen molar-refractivity contribution in [2.75, 3.05) is 61.1 Å². The molecule has 2 aromatic rings. The van der Waals surface area contributed by atoms with E-state index in [0.29, 0.717) is 17.6 Å². The van der Waals surface area contributed by atoms with Gasteiger partial charge >= 0.3 is 0 Å². The van der Waals surface area contributed by atoms with E-state index in [4.69, 9.17) is 38.5 Å². The van der Waals surface area contributed by atoms with E-state index in [2.05, 4.69) is 38.6 Å². The van der Waals surface area contributed by atoms with E-state index < -0.39 is 0 Å². The molecule has 1 aromatic carbocycles. The van der Waals surface area contributed by atoms with Crippen LogP contribution >= 0.6 is 23.8 Å². The summed E-state index contributed by atoms with van der Waals surface area (Å²) in [7, 11) is 0. The summed E-state index contributed by atoms with van der Waals surface area (Å²) in [5.41, 5.74) is 1.15. The van der Waals surface area contributed by atoms with E-state index in [9.17, 15) is 0 Å². The second-order valence-corrected chi connectivity index (χ2v) is 11.1. The van der Waals surface area contributed by atoms with Crippen LogP contribution < -0.4 is 20.4 Å². The van der Waals surface area contributed by atoms with Crippen LogP contribution in [0.1, 0.15) is 56.9 Å². The van der Waals surface area contributed by atoms with Gasteiger partial charge < -0.3 is 25.2 Å². The molecular formula is C27H37ClN6OS. The maximum Gasteiger partial charge on any atom is 0.232 e. The lowest BCUT2D eigenvalue weighted by atomic mass is 9.74. The van der Waals surface area contributed by atoms with Crippen LogP contribution in [0.3, 0.4) is 0 Å². The van der Waals surface area contributed by atoms with Crippen LogP contribution in [0, 0.1) is 0 Å². The monoisotopic (exact) mass is 528 g/mol. The zero-order valence-electron chi connectivity index (χ0n) is 21.0. The molecule has 9 heteroatoms. The first kappa shape index (κ1) is 25.5. The van der Waals surface area contributed by atoms with Gasteiger partial charge in [-0.15, -0.1) is 0 Å². The van der Waals surface area contributed by atoms with Gasteiger partial charge in [0.1, 0.15) is 11.6 Å². The molecule has 2 N–H and O–H groups in total. The average molecular weight is 529 g/mol. The predicted octanol–water partition coefficient (Wildman–Crippen LogP) is 5.15. The van der Waals surface area contributed by atoms with Crippen LogP contribution in [0.4, 0.5) is 17.6 Å². The number of halogens is 1. The number of piperidine rings is 2. The molecule has 0 radical (unpaired) electrons. The number of nitrogens with one attached hydrogen (secondary N) is 2. The third-order valence-electron chi connectivity index (χ3n) is 7.76. The summed E-state index contributed by atoms with van der Waals surface area (Å²) in [5.74, 6) is 2.56. The van der Waals surface area contributed by atoms with E-state index in [1.54, 1.807) is 0 Å². The van der Waals surface area contributed by atoms with Crippen molar-refractivity contribution in [3.63, 3.8) is 0 Å². The third kappa shape index (κ3) is 6.21. The minimum Gasteiger partial charge on any atom is -0.381 e. The molecule has 0 unspecified atom stereocenters. The van der Waals surface area contributed by atoms with Crippen molar-refractivity contribution in [3.8, 4) is 0 Å². The minimum absolute atomic E-state index is 0.0790. The Hall–Kier alpha value is -2.16. The molecule has 3 aliphatic rings. The molecule has 36 heavy (non-hydrogen) atoms. The molecular weight excluding hydrogens is 492 g/mol. The number of aromatic nitrogens is 2. The van der Waals surface area contributed by atoms with Gasteiger partial charge in [0, 0.05) is 62.4 Å². The number of anilines is 3. The predicted molar refractivity (Wildman–Crippen MR) is 152 cm³/mol. The number of ether oxygens (including phenoxy) is 1. The lowest BCUT2D eigenvalue weighted by Crippen LogP contribution is -2.45. The number of hydrogen-bond acceptors (Lipinski definition) is 6. The number of hydrogen-bond donors (Lipinski definition) is 2. The first-order chi connectivity index (χ1) is 17.6. The highest BCUT2D eigenvalue weighted by Crippen LogP contribution is 2.35. The van der Waals surface area contributed by atoms with Crippen LogP contribution in [0.25, 0.3) is 0 Å². The molecule has 0 bridgehead atoms. The minimum atomic E-state index is -0.0790. The van der Waals surface area contributed by atoms with Crippen LogP contribution in [-0.2, 0) is 10.2 Å². The topological polar surface area (TPSA) is 65.6 Å². The molecule has 3 saturated heterocycles. The molecule has 0 saturated carbocycles. The second-order valence-electron chi connectivity index (χ2n) is 10.2. The van der Waals surface area contributed by atoms with Crippen molar-refractivity contribution < 1.29 is 4.74 Å². The summed E-state index contributed by atoms with van der Waals surface area (Å²) in [4.78, 5) is 14.5. The lowest BCUT2D eigenvalue weighted by Gasteiger charge is -2.38. The summed E-state index contributed by atoms with van der Waals surface area (Å²) < 4.78 is 5.68. The van der Waals surface area contributed by atoms with Gasteiger partial charge in [-0.1, -0.05) is 23.7 Å². The highest BCUT2D eigenvalue weighted by Gasteiger charge is 2.35. The van der Waals surface area contributed by atoms with Crippen molar-refractivity contribution in [3.05, 3.63) is 40.9 Å². The number of thiocarbonyl (C=S) groups is 1. The summed E-state index contributed by atoms with van der Waals surface area (Å²) in [5, 5.41) is 8.08. The molecule has 194 valence electrons. The fourth-order valence-electron chi connectivity index (χ4n) is 5.59. The zero-order chi connectivity index (χ0) is 24.8. The molecule has 0 amide bonds. The van der Waals surface area contributed by atoms with Crippen molar-refractivity contribution in [2.24, 2.45) is 0 Å². The lowest BCUT2D eigenvalue weighted by molar-refractivity contribution is 0.0515. The van der Waals surface area contributed by atoms with Crippen LogP contribution in [0.2, 0.25) is 5.02 Å². The van der Waals surface area contributed by atoms with Crippen LogP contribution in [-0.4, -0.2) is 61.0 Å². The number of nitrogens with zero attached hydrogens (tertiary/aromatic N) is 4. The summed E-state index contributed by atoms with van der Waals surface area (Å²) in [6.45, 7) is 6.34. The van der Waals surface area contributed by atoms with Crippen LogP contribution in [0.15, 0.2) is 30.3 Å². The highest BCUT2D eigenvalue weighted by molar-refractivity contribution is 7.80.